The Hall–Kier alpha value is 0.760. The number of rotatable bonds is 0. The molecule has 0 amide bonds. The SMILES string of the molecule is C=CC.CCC.CNC.OP(O)(O)=S.OP(O)(O)=S. The van der Waals surface area contributed by atoms with Crippen LogP contribution in [0.1, 0.15) is 27.2 Å². The molecule has 0 saturated carbocycles. The summed E-state index contributed by atoms with van der Waals surface area (Å²) in [6.07, 6.45) is 3.00. The second-order valence-corrected chi connectivity index (χ2v) is 7.63. The summed E-state index contributed by atoms with van der Waals surface area (Å²) >= 11 is 7.21. The lowest BCUT2D eigenvalue weighted by Gasteiger charge is -1.88. The van der Waals surface area contributed by atoms with Crippen LogP contribution in [0, 0.1) is 0 Å². The van der Waals surface area contributed by atoms with Crippen LogP contribution in [0.15, 0.2) is 12.7 Å². The maximum absolute atomic E-state index is 7.56. The lowest BCUT2D eigenvalue weighted by Crippen LogP contribution is -1.89. The van der Waals surface area contributed by atoms with E-state index in [9.17, 15) is 0 Å². The maximum atomic E-state index is 7.56. The van der Waals surface area contributed by atoms with Crippen molar-refractivity contribution in [1.29, 1.82) is 0 Å². The van der Waals surface area contributed by atoms with E-state index >= 15 is 0 Å². The summed E-state index contributed by atoms with van der Waals surface area (Å²) < 4.78 is 0. The molecule has 11 heteroatoms. The summed E-state index contributed by atoms with van der Waals surface area (Å²) in [5, 5.41) is 2.75. The summed E-state index contributed by atoms with van der Waals surface area (Å²) in [7, 11) is 3.75. The first-order valence-corrected chi connectivity index (χ1v) is 10.3. The minimum Gasteiger partial charge on any atom is -0.325 e. The van der Waals surface area contributed by atoms with E-state index in [0.29, 0.717) is 0 Å². The van der Waals surface area contributed by atoms with Crippen LogP contribution >= 0.6 is 13.4 Å². The molecule has 0 aliphatic carbocycles. The molecule has 0 rings (SSSR count). The van der Waals surface area contributed by atoms with Crippen LogP contribution in [0.5, 0.6) is 0 Å². The normalized spacial score (nSPS) is 8.79. The highest BCUT2D eigenvalue weighted by Crippen LogP contribution is 2.26. The smallest absolute Gasteiger partial charge is 0.319 e. The molecular formula is C8H27NO6P2S2. The Bertz CT molecular complexity index is 205. The van der Waals surface area contributed by atoms with Gasteiger partial charge in [0.05, 0.1) is 0 Å². The molecular weight excluding hydrogens is 332 g/mol. The molecule has 7 N–H and O–H groups in total. The van der Waals surface area contributed by atoms with E-state index in [0.717, 1.165) is 0 Å². The Morgan fingerprint density at radius 2 is 0.947 bits per heavy atom. The van der Waals surface area contributed by atoms with Crippen molar-refractivity contribution >= 4 is 37.1 Å². The highest BCUT2D eigenvalue weighted by atomic mass is 32.5. The number of allylic oxidation sites excluding steroid dienone is 1. The van der Waals surface area contributed by atoms with Crippen LogP contribution in [0.3, 0.4) is 0 Å². The molecule has 0 heterocycles. The summed E-state index contributed by atoms with van der Waals surface area (Å²) in [5.74, 6) is 0. The zero-order chi connectivity index (χ0) is 17.1. The van der Waals surface area contributed by atoms with Crippen LogP contribution in [0.2, 0.25) is 0 Å². The molecule has 0 unspecified atom stereocenters. The van der Waals surface area contributed by atoms with E-state index in [2.05, 4.69) is 49.4 Å². The average Bonchev–Trinajstić information content (AvgIpc) is 1.99. The van der Waals surface area contributed by atoms with Crippen molar-refractivity contribution < 1.29 is 29.4 Å². The van der Waals surface area contributed by atoms with Gasteiger partial charge in [-0.05, 0) is 44.6 Å². The zero-order valence-corrected chi connectivity index (χ0v) is 15.3. The van der Waals surface area contributed by atoms with Crippen LogP contribution in [-0.4, -0.2) is 43.5 Å². The molecule has 0 saturated heterocycles. The molecule has 0 spiro atoms. The van der Waals surface area contributed by atoms with Crippen molar-refractivity contribution in [1.82, 2.24) is 5.32 Å². The van der Waals surface area contributed by atoms with Gasteiger partial charge in [-0.2, -0.15) is 0 Å². The minimum absolute atomic E-state index is 1.25. The van der Waals surface area contributed by atoms with E-state index in [1.54, 1.807) is 6.08 Å². The fourth-order valence-corrected chi connectivity index (χ4v) is 0. The van der Waals surface area contributed by atoms with Gasteiger partial charge in [-0.15, -0.1) is 6.58 Å². The van der Waals surface area contributed by atoms with Gasteiger partial charge in [0.15, 0.2) is 0 Å². The van der Waals surface area contributed by atoms with E-state index in [4.69, 9.17) is 29.4 Å². The number of hydrogen-bond acceptors (Lipinski definition) is 3. The third kappa shape index (κ3) is 9120. The molecule has 0 aliphatic rings. The summed E-state index contributed by atoms with van der Waals surface area (Å²) in [4.78, 5) is 45.3. The Balaban J connectivity index is -0.0000000442. The summed E-state index contributed by atoms with van der Waals surface area (Å²) in [6, 6.07) is 0. The van der Waals surface area contributed by atoms with Crippen LogP contribution in [-0.2, 0) is 23.6 Å². The maximum Gasteiger partial charge on any atom is 0.319 e. The molecule has 122 valence electrons. The van der Waals surface area contributed by atoms with Gasteiger partial charge in [-0.25, -0.2) is 0 Å². The largest absolute Gasteiger partial charge is 0.325 e. The Kier molecular flexibility index (Phi) is 40.0. The minimum atomic E-state index is -3.81. The van der Waals surface area contributed by atoms with Gasteiger partial charge >= 0.3 is 13.4 Å². The van der Waals surface area contributed by atoms with Crippen molar-refractivity contribution in [3.8, 4) is 0 Å². The topological polar surface area (TPSA) is 133 Å². The monoisotopic (exact) mass is 359 g/mol. The Morgan fingerprint density at radius 3 is 0.947 bits per heavy atom. The van der Waals surface area contributed by atoms with Gasteiger partial charge in [0.1, 0.15) is 0 Å². The third-order valence-electron chi connectivity index (χ3n) is 0. The fraction of sp³-hybridized carbons (Fsp3) is 0.750. The van der Waals surface area contributed by atoms with Crippen molar-refractivity contribution in [2.24, 2.45) is 0 Å². The first kappa shape index (κ1) is 31.9. The van der Waals surface area contributed by atoms with E-state index in [1.165, 1.54) is 6.42 Å². The third-order valence-corrected chi connectivity index (χ3v) is 0. The van der Waals surface area contributed by atoms with Crippen LogP contribution in [0.4, 0.5) is 0 Å². The van der Waals surface area contributed by atoms with Crippen molar-refractivity contribution in [3.63, 3.8) is 0 Å². The van der Waals surface area contributed by atoms with E-state index < -0.39 is 13.4 Å². The summed E-state index contributed by atoms with van der Waals surface area (Å²) in [6.45, 7) is 1.89. The molecule has 0 atom stereocenters. The Labute approximate surface area is 126 Å². The second-order valence-electron chi connectivity index (χ2n) is 2.64. The molecule has 0 aliphatic heterocycles. The molecule has 0 aromatic carbocycles. The fourth-order valence-electron chi connectivity index (χ4n) is 0. The van der Waals surface area contributed by atoms with Gasteiger partial charge in [-0.1, -0.05) is 26.3 Å². The Morgan fingerprint density at radius 1 is 0.947 bits per heavy atom. The zero-order valence-electron chi connectivity index (χ0n) is 11.9. The number of nitrogens with one attached hydrogen (secondary N) is 1. The standard InChI is InChI=1S/C3H8.C3H6.C2H7N.2H3O3PS/c3*1-3-2;2*1-4(2,3)5/h3H2,1-2H3;3H,1H2,2H3;3H,1-2H3;2*(H3,1,2,3,5). The van der Waals surface area contributed by atoms with Crippen LogP contribution in [0.25, 0.3) is 0 Å². The van der Waals surface area contributed by atoms with Gasteiger partial charge in [0, 0.05) is 0 Å². The van der Waals surface area contributed by atoms with Gasteiger partial charge < -0.3 is 34.7 Å². The van der Waals surface area contributed by atoms with Gasteiger partial charge in [-0.3, -0.25) is 0 Å². The van der Waals surface area contributed by atoms with E-state index in [1.807, 2.05) is 21.0 Å². The quantitative estimate of drug-likeness (QED) is 0.248. The van der Waals surface area contributed by atoms with Crippen molar-refractivity contribution in [2.45, 2.75) is 27.2 Å². The van der Waals surface area contributed by atoms with Gasteiger partial charge in [0.2, 0.25) is 0 Å². The lowest BCUT2D eigenvalue weighted by molar-refractivity contribution is 0.361. The average molecular weight is 359 g/mol. The lowest BCUT2D eigenvalue weighted by atomic mass is 10.6. The first-order chi connectivity index (χ1) is 8.24. The highest BCUT2D eigenvalue weighted by Gasteiger charge is 1.92. The molecule has 0 aromatic rings. The first-order valence-electron chi connectivity index (χ1n) is 4.96. The molecule has 19 heavy (non-hydrogen) atoms. The molecule has 7 nitrogen and oxygen atoms in total. The van der Waals surface area contributed by atoms with Crippen molar-refractivity contribution in [3.05, 3.63) is 12.7 Å². The van der Waals surface area contributed by atoms with Crippen molar-refractivity contribution in [2.75, 3.05) is 14.1 Å². The summed E-state index contributed by atoms with van der Waals surface area (Å²) in [5.41, 5.74) is 0. The molecule has 0 fully saturated rings. The predicted octanol–water partition coefficient (Wildman–Crippen LogP) is 0.820. The molecule has 0 aromatic heterocycles. The van der Waals surface area contributed by atoms with Crippen LogP contribution < -0.4 is 5.32 Å². The predicted molar refractivity (Wildman–Crippen MR) is 88.7 cm³/mol. The molecule has 0 bridgehead atoms. The van der Waals surface area contributed by atoms with E-state index in [-0.39, 0.29) is 0 Å². The highest BCUT2D eigenvalue weighted by molar-refractivity contribution is 8.06. The molecule has 0 radical (unpaired) electrons. The van der Waals surface area contributed by atoms with Gasteiger partial charge in [0.25, 0.3) is 0 Å². The number of hydrogen-bond donors (Lipinski definition) is 7. The second kappa shape index (κ2) is 23.8.